The maximum Gasteiger partial charge on any atom is 0.138 e. The number of nitrogens with one attached hydrogen (secondary N) is 2. The van der Waals surface area contributed by atoms with Gasteiger partial charge in [0.2, 0.25) is 0 Å². The Morgan fingerprint density at radius 3 is 2.84 bits per heavy atom. The molecule has 0 radical (unpaired) electrons. The molecule has 0 bridgehead atoms. The lowest BCUT2D eigenvalue weighted by Gasteiger charge is -2.20. The van der Waals surface area contributed by atoms with Crippen LogP contribution < -0.4 is 10.6 Å². The van der Waals surface area contributed by atoms with Gasteiger partial charge in [0.15, 0.2) is 0 Å². The highest BCUT2D eigenvalue weighted by atomic mass is 15.1. The average molecular weight is 254 g/mol. The molecule has 4 nitrogen and oxygen atoms in total. The molecule has 0 aliphatic carbocycles. The largest absolute Gasteiger partial charge is 0.340 e. The van der Waals surface area contributed by atoms with E-state index in [1.807, 2.05) is 19.1 Å². The maximum absolute atomic E-state index is 4.56. The Hall–Kier alpha value is -1.94. The van der Waals surface area contributed by atoms with Crippen molar-refractivity contribution >= 4 is 11.5 Å². The van der Waals surface area contributed by atoms with Gasteiger partial charge in [-0.25, -0.2) is 9.97 Å². The monoisotopic (exact) mass is 254 g/mol. The summed E-state index contributed by atoms with van der Waals surface area (Å²) in [6.07, 6.45) is 0.973. The average Bonchev–Trinajstić information content (AvgIpc) is 2.41. The molecule has 4 heteroatoms. The number of aryl methyl sites for hydroxylation is 2. The fourth-order valence-electron chi connectivity index (χ4n) is 2.41. The fourth-order valence-corrected chi connectivity index (χ4v) is 2.41. The van der Waals surface area contributed by atoms with Gasteiger partial charge >= 0.3 is 0 Å². The zero-order chi connectivity index (χ0) is 13.2. The SMILES string of the molecule is Cc1nc2c(c(Nc3ccccc3C)n1)CNCC2. The van der Waals surface area contributed by atoms with Crippen molar-refractivity contribution in [2.45, 2.75) is 26.8 Å². The maximum atomic E-state index is 4.56. The Kier molecular flexibility index (Phi) is 3.17. The third-order valence-corrected chi connectivity index (χ3v) is 3.44. The van der Waals surface area contributed by atoms with E-state index in [1.165, 1.54) is 16.8 Å². The summed E-state index contributed by atoms with van der Waals surface area (Å²) in [6, 6.07) is 8.26. The first-order chi connectivity index (χ1) is 9.24. The lowest BCUT2D eigenvalue weighted by Crippen LogP contribution is -2.26. The molecule has 1 aromatic carbocycles. The zero-order valence-corrected chi connectivity index (χ0v) is 11.3. The van der Waals surface area contributed by atoms with Crippen LogP contribution in [-0.4, -0.2) is 16.5 Å². The highest BCUT2D eigenvalue weighted by molar-refractivity contribution is 5.63. The standard InChI is InChI=1S/C15H18N4/c1-10-5-3-4-6-13(10)19-15-12-9-16-8-7-14(12)17-11(2)18-15/h3-6,16H,7-9H2,1-2H3,(H,17,18,19). The number of fused-ring (bicyclic) bond motifs is 1. The summed E-state index contributed by atoms with van der Waals surface area (Å²) in [4.78, 5) is 9.11. The van der Waals surface area contributed by atoms with Crippen molar-refractivity contribution in [1.82, 2.24) is 15.3 Å². The van der Waals surface area contributed by atoms with Gasteiger partial charge in [0, 0.05) is 30.8 Å². The van der Waals surface area contributed by atoms with Crippen LogP contribution in [0.5, 0.6) is 0 Å². The summed E-state index contributed by atoms with van der Waals surface area (Å²) in [5, 5.41) is 6.83. The molecular formula is C15H18N4. The number of para-hydroxylation sites is 1. The second kappa shape index (κ2) is 4.97. The lowest BCUT2D eigenvalue weighted by atomic mass is 10.1. The van der Waals surface area contributed by atoms with Crippen LogP contribution >= 0.6 is 0 Å². The van der Waals surface area contributed by atoms with Crippen LogP contribution in [0.15, 0.2) is 24.3 Å². The summed E-state index contributed by atoms with van der Waals surface area (Å²) in [5.41, 5.74) is 4.69. The van der Waals surface area contributed by atoms with Gasteiger partial charge in [-0.05, 0) is 25.5 Å². The quantitative estimate of drug-likeness (QED) is 0.864. The number of nitrogens with zero attached hydrogens (tertiary/aromatic N) is 2. The third kappa shape index (κ3) is 2.44. The molecule has 0 unspecified atom stereocenters. The molecule has 0 amide bonds. The molecule has 0 saturated carbocycles. The molecule has 2 heterocycles. The summed E-state index contributed by atoms with van der Waals surface area (Å²) >= 11 is 0. The molecule has 0 fully saturated rings. The van der Waals surface area contributed by atoms with Crippen molar-refractivity contribution < 1.29 is 0 Å². The van der Waals surface area contributed by atoms with Crippen molar-refractivity contribution in [1.29, 1.82) is 0 Å². The van der Waals surface area contributed by atoms with Crippen LogP contribution in [0.25, 0.3) is 0 Å². The smallest absolute Gasteiger partial charge is 0.138 e. The zero-order valence-electron chi connectivity index (χ0n) is 11.3. The molecule has 0 atom stereocenters. The third-order valence-electron chi connectivity index (χ3n) is 3.44. The van der Waals surface area contributed by atoms with Gasteiger partial charge in [-0.1, -0.05) is 18.2 Å². The number of benzene rings is 1. The minimum atomic E-state index is 0.830. The summed E-state index contributed by atoms with van der Waals surface area (Å²) < 4.78 is 0. The second-order valence-electron chi connectivity index (χ2n) is 4.91. The van der Waals surface area contributed by atoms with Crippen molar-refractivity contribution in [3.05, 3.63) is 46.9 Å². The molecule has 0 saturated heterocycles. The number of aromatic nitrogens is 2. The number of hydrogen-bond donors (Lipinski definition) is 2. The van der Waals surface area contributed by atoms with E-state index in [9.17, 15) is 0 Å². The topological polar surface area (TPSA) is 49.8 Å². The lowest BCUT2D eigenvalue weighted by molar-refractivity contribution is 0.625. The van der Waals surface area contributed by atoms with Crippen molar-refractivity contribution in [3.8, 4) is 0 Å². The van der Waals surface area contributed by atoms with Gasteiger partial charge in [-0.3, -0.25) is 0 Å². The normalized spacial score (nSPS) is 14.0. The predicted molar refractivity (Wildman–Crippen MR) is 76.6 cm³/mol. The van der Waals surface area contributed by atoms with Gasteiger partial charge in [0.1, 0.15) is 11.6 Å². The first-order valence-corrected chi connectivity index (χ1v) is 6.64. The fraction of sp³-hybridized carbons (Fsp3) is 0.333. The Morgan fingerprint density at radius 2 is 2.00 bits per heavy atom. The molecule has 1 aliphatic rings. The van der Waals surface area contributed by atoms with Crippen molar-refractivity contribution in [2.75, 3.05) is 11.9 Å². The Labute approximate surface area is 113 Å². The van der Waals surface area contributed by atoms with Crippen LogP contribution in [0.3, 0.4) is 0 Å². The molecule has 98 valence electrons. The molecule has 2 aromatic rings. The van der Waals surface area contributed by atoms with Gasteiger partial charge in [-0.15, -0.1) is 0 Å². The molecule has 1 aliphatic heterocycles. The molecule has 3 rings (SSSR count). The molecule has 0 spiro atoms. The molecule has 2 N–H and O–H groups in total. The van der Waals surface area contributed by atoms with Crippen molar-refractivity contribution in [3.63, 3.8) is 0 Å². The summed E-state index contributed by atoms with van der Waals surface area (Å²) in [7, 11) is 0. The highest BCUT2D eigenvalue weighted by Gasteiger charge is 2.16. The van der Waals surface area contributed by atoms with Gasteiger partial charge in [0.05, 0.1) is 5.69 Å². The molecule has 19 heavy (non-hydrogen) atoms. The van der Waals surface area contributed by atoms with E-state index >= 15 is 0 Å². The van der Waals surface area contributed by atoms with E-state index in [4.69, 9.17) is 0 Å². The number of anilines is 2. The van der Waals surface area contributed by atoms with Gasteiger partial charge in [0.25, 0.3) is 0 Å². The van der Waals surface area contributed by atoms with Crippen LogP contribution in [-0.2, 0) is 13.0 Å². The number of hydrogen-bond acceptors (Lipinski definition) is 4. The van der Waals surface area contributed by atoms with E-state index < -0.39 is 0 Å². The van der Waals surface area contributed by atoms with Crippen molar-refractivity contribution in [2.24, 2.45) is 0 Å². The van der Waals surface area contributed by atoms with Gasteiger partial charge < -0.3 is 10.6 Å². The van der Waals surface area contributed by atoms with Crippen LogP contribution in [0.2, 0.25) is 0 Å². The van der Waals surface area contributed by atoms with E-state index in [0.29, 0.717) is 0 Å². The first kappa shape index (κ1) is 12.1. The molecular weight excluding hydrogens is 236 g/mol. The second-order valence-corrected chi connectivity index (χ2v) is 4.91. The van der Waals surface area contributed by atoms with E-state index in [1.54, 1.807) is 0 Å². The minimum absolute atomic E-state index is 0.830. The summed E-state index contributed by atoms with van der Waals surface area (Å²) in [6.45, 7) is 5.88. The van der Waals surface area contributed by atoms with E-state index in [-0.39, 0.29) is 0 Å². The van der Waals surface area contributed by atoms with E-state index in [0.717, 1.165) is 36.8 Å². The van der Waals surface area contributed by atoms with Crippen LogP contribution in [0, 0.1) is 13.8 Å². The highest BCUT2D eigenvalue weighted by Crippen LogP contribution is 2.25. The van der Waals surface area contributed by atoms with Crippen LogP contribution in [0.1, 0.15) is 22.6 Å². The Balaban J connectivity index is 2.01. The first-order valence-electron chi connectivity index (χ1n) is 6.64. The van der Waals surface area contributed by atoms with Gasteiger partial charge in [-0.2, -0.15) is 0 Å². The summed E-state index contributed by atoms with van der Waals surface area (Å²) in [5.74, 6) is 1.76. The Morgan fingerprint density at radius 1 is 1.16 bits per heavy atom. The molecule has 1 aromatic heterocycles. The Bertz CT molecular complexity index is 607. The van der Waals surface area contributed by atoms with Crippen LogP contribution in [0.4, 0.5) is 11.5 Å². The predicted octanol–water partition coefficient (Wildman–Crippen LogP) is 2.48. The minimum Gasteiger partial charge on any atom is -0.340 e. The number of rotatable bonds is 2. The van der Waals surface area contributed by atoms with E-state index in [2.05, 4.69) is 39.7 Å².